The van der Waals surface area contributed by atoms with Crippen molar-refractivity contribution in [1.29, 1.82) is 0 Å². The molecule has 0 aliphatic carbocycles. The first-order valence-electron chi connectivity index (χ1n) is 5.32. The fourth-order valence-electron chi connectivity index (χ4n) is 1.66. The summed E-state index contributed by atoms with van der Waals surface area (Å²) in [5.74, 6) is 0.0492. The Bertz CT molecular complexity index is 396. The van der Waals surface area contributed by atoms with Gasteiger partial charge in [-0.15, -0.1) is 0 Å². The first-order valence-corrected chi connectivity index (χ1v) is 6.11. The highest BCUT2D eigenvalue weighted by Gasteiger charge is 2.44. The summed E-state index contributed by atoms with van der Waals surface area (Å²) in [4.78, 5) is 12.1. The number of hydrogen-bond acceptors (Lipinski definition) is 2. The van der Waals surface area contributed by atoms with Crippen LogP contribution in [0.5, 0.6) is 0 Å². The molecule has 0 bridgehead atoms. The van der Waals surface area contributed by atoms with E-state index in [4.69, 9.17) is 4.74 Å². The van der Waals surface area contributed by atoms with Gasteiger partial charge in [-0.2, -0.15) is 0 Å². The summed E-state index contributed by atoms with van der Waals surface area (Å²) in [6, 6.07) is 7.61. The van der Waals surface area contributed by atoms with Gasteiger partial charge in [0.1, 0.15) is 0 Å². The fourth-order valence-corrected chi connectivity index (χ4v) is 2.05. The fraction of sp³-hybridized carbons (Fsp3) is 0.417. The maximum atomic E-state index is 12.1. The second-order valence-electron chi connectivity index (χ2n) is 4.06. The van der Waals surface area contributed by atoms with Crippen LogP contribution in [0.1, 0.15) is 13.3 Å². The maximum Gasteiger partial charge on any atom is 0.235 e. The molecule has 0 radical (unpaired) electrons. The van der Waals surface area contributed by atoms with Crippen molar-refractivity contribution in [1.82, 2.24) is 0 Å². The molecule has 1 N–H and O–H groups in total. The number of carbonyl (C=O) groups excluding carboxylic acids is 1. The number of para-hydroxylation sites is 1. The number of ether oxygens (including phenoxy) is 1. The highest BCUT2D eigenvalue weighted by Crippen LogP contribution is 2.33. The van der Waals surface area contributed by atoms with Crippen LogP contribution < -0.4 is 5.32 Å². The maximum absolute atomic E-state index is 12.1. The van der Waals surface area contributed by atoms with Gasteiger partial charge in [0.15, 0.2) is 0 Å². The molecular formula is C12H14BrNO2. The van der Waals surface area contributed by atoms with Gasteiger partial charge in [-0.05, 0) is 34.5 Å². The number of amides is 1. The van der Waals surface area contributed by atoms with Gasteiger partial charge in [0.25, 0.3) is 0 Å². The van der Waals surface area contributed by atoms with Crippen LogP contribution in [0.25, 0.3) is 0 Å². The topological polar surface area (TPSA) is 38.3 Å². The lowest BCUT2D eigenvalue weighted by Gasteiger charge is -2.39. The number of nitrogens with one attached hydrogen (secondary N) is 1. The zero-order valence-corrected chi connectivity index (χ0v) is 10.7. The van der Waals surface area contributed by atoms with Crippen LogP contribution in [0.2, 0.25) is 0 Å². The van der Waals surface area contributed by atoms with Gasteiger partial charge in [-0.25, -0.2) is 0 Å². The highest BCUT2D eigenvalue weighted by atomic mass is 79.9. The average molecular weight is 284 g/mol. The van der Waals surface area contributed by atoms with Crippen molar-refractivity contribution >= 4 is 27.5 Å². The summed E-state index contributed by atoms with van der Waals surface area (Å²) >= 11 is 3.41. The molecule has 0 unspecified atom stereocenters. The minimum atomic E-state index is -0.324. The standard InChI is InChI=1S/C12H14BrNO2/c1-2-12(7-16-8-12)11(15)14-10-6-4-3-5-9(10)13/h3-6H,2,7-8H2,1H3,(H,14,15). The molecule has 4 heteroatoms. The predicted molar refractivity (Wildman–Crippen MR) is 66.3 cm³/mol. The lowest BCUT2D eigenvalue weighted by Crippen LogP contribution is -2.51. The zero-order valence-electron chi connectivity index (χ0n) is 9.13. The van der Waals surface area contributed by atoms with Crippen LogP contribution in [0.15, 0.2) is 28.7 Å². The molecule has 16 heavy (non-hydrogen) atoms. The Kier molecular flexibility index (Phi) is 3.30. The molecule has 3 nitrogen and oxygen atoms in total. The third kappa shape index (κ3) is 1.99. The summed E-state index contributed by atoms with van der Waals surface area (Å²) in [6.07, 6.45) is 0.809. The molecule has 1 aliphatic rings. The van der Waals surface area contributed by atoms with Crippen molar-refractivity contribution < 1.29 is 9.53 Å². The van der Waals surface area contributed by atoms with Gasteiger partial charge in [0.2, 0.25) is 5.91 Å². The van der Waals surface area contributed by atoms with E-state index < -0.39 is 0 Å². The number of anilines is 1. The van der Waals surface area contributed by atoms with Crippen molar-refractivity contribution in [2.75, 3.05) is 18.5 Å². The Balaban J connectivity index is 2.10. The molecule has 0 atom stereocenters. The highest BCUT2D eigenvalue weighted by molar-refractivity contribution is 9.10. The van der Waals surface area contributed by atoms with E-state index in [1.807, 2.05) is 31.2 Å². The first-order chi connectivity index (χ1) is 7.68. The minimum Gasteiger partial charge on any atom is -0.379 e. The lowest BCUT2D eigenvalue weighted by atomic mass is 9.82. The smallest absolute Gasteiger partial charge is 0.235 e. The SMILES string of the molecule is CCC1(C(=O)Nc2ccccc2Br)COC1. The largest absolute Gasteiger partial charge is 0.379 e. The van der Waals surface area contributed by atoms with Crippen molar-refractivity contribution in [2.24, 2.45) is 5.41 Å². The molecule has 1 heterocycles. The predicted octanol–water partition coefficient (Wildman–Crippen LogP) is 2.81. The van der Waals surface area contributed by atoms with E-state index in [9.17, 15) is 4.79 Å². The van der Waals surface area contributed by atoms with E-state index in [0.717, 1.165) is 16.6 Å². The minimum absolute atomic E-state index is 0.0492. The average Bonchev–Trinajstić information content (AvgIpc) is 2.21. The Morgan fingerprint density at radius 3 is 2.69 bits per heavy atom. The van der Waals surface area contributed by atoms with E-state index in [1.54, 1.807) is 0 Å². The summed E-state index contributed by atoms with van der Waals surface area (Å²) < 4.78 is 6.04. The van der Waals surface area contributed by atoms with Crippen LogP contribution in [0, 0.1) is 5.41 Å². The van der Waals surface area contributed by atoms with Crippen molar-refractivity contribution in [3.8, 4) is 0 Å². The van der Waals surface area contributed by atoms with Gasteiger partial charge in [-0.1, -0.05) is 19.1 Å². The summed E-state index contributed by atoms with van der Waals surface area (Å²) in [5.41, 5.74) is 0.488. The number of carbonyl (C=O) groups is 1. The van der Waals surface area contributed by atoms with Crippen molar-refractivity contribution in [3.63, 3.8) is 0 Å². The number of rotatable bonds is 3. The monoisotopic (exact) mass is 283 g/mol. The molecule has 0 spiro atoms. The number of benzene rings is 1. The molecule has 1 fully saturated rings. The third-order valence-electron chi connectivity index (χ3n) is 3.04. The van der Waals surface area contributed by atoms with Crippen LogP contribution in [-0.4, -0.2) is 19.1 Å². The molecule has 1 aromatic carbocycles. The summed E-state index contributed by atoms with van der Waals surface area (Å²) in [7, 11) is 0. The van der Waals surface area contributed by atoms with Crippen LogP contribution in [0.3, 0.4) is 0 Å². The molecule has 86 valence electrons. The lowest BCUT2D eigenvalue weighted by molar-refractivity contribution is -0.156. The Morgan fingerprint density at radius 2 is 2.19 bits per heavy atom. The molecule has 2 rings (SSSR count). The molecule has 1 saturated heterocycles. The van der Waals surface area contributed by atoms with Gasteiger partial charge in [0, 0.05) is 4.47 Å². The Labute approximate surface area is 103 Å². The van der Waals surface area contributed by atoms with Crippen LogP contribution in [0.4, 0.5) is 5.69 Å². The van der Waals surface area contributed by atoms with Gasteiger partial charge < -0.3 is 10.1 Å². The second kappa shape index (κ2) is 4.55. The quantitative estimate of drug-likeness (QED) is 0.926. The molecule has 1 amide bonds. The molecule has 0 saturated carbocycles. The molecular weight excluding hydrogens is 270 g/mol. The van der Waals surface area contributed by atoms with E-state index in [2.05, 4.69) is 21.2 Å². The summed E-state index contributed by atoms with van der Waals surface area (Å²) in [6.45, 7) is 3.07. The third-order valence-corrected chi connectivity index (χ3v) is 3.73. The van der Waals surface area contributed by atoms with Crippen molar-refractivity contribution in [3.05, 3.63) is 28.7 Å². The number of hydrogen-bond donors (Lipinski definition) is 1. The van der Waals surface area contributed by atoms with E-state index in [0.29, 0.717) is 13.2 Å². The van der Waals surface area contributed by atoms with Gasteiger partial charge in [-0.3, -0.25) is 4.79 Å². The van der Waals surface area contributed by atoms with Crippen molar-refractivity contribution in [2.45, 2.75) is 13.3 Å². The first kappa shape index (κ1) is 11.6. The van der Waals surface area contributed by atoms with Gasteiger partial charge >= 0.3 is 0 Å². The van der Waals surface area contributed by atoms with E-state index in [-0.39, 0.29) is 11.3 Å². The van der Waals surface area contributed by atoms with Crippen LogP contribution >= 0.6 is 15.9 Å². The normalized spacial score (nSPS) is 17.6. The molecule has 1 aromatic rings. The van der Waals surface area contributed by atoms with Gasteiger partial charge in [0.05, 0.1) is 24.3 Å². The Hall–Kier alpha value is -0.870. The number of halogens is 1. The summed E-state index contributed by atoms with van der Waals surface area (Å²) in [5, 5.41) is 2.94. The second-order valence-corrected chi connectivity index (χ2v) is 4.91. The molecule has 0 aromatic heterocycles. The molecule has 1 aliphatic heterocycles. The van der Waals surface area contributed by atoms with Crippen LogP contribution in [-0.2, 0) is 9.53 Å². The van der Waals surface area contributed by atoms with E-state index in [1.165, 1.54) is 0 Å². The zero-order chi connectivity index (χ0) is 11.6. The Morgan fingerprint density at radius 1 is 1.50 bits per heavy atom. The van der Waals surface area contributed by atoms with E-state index >= 15 is 0 Å².